The molecule has 51 heavy (non-hydrogen) atoms. The highest BCUT2D eigenvalue weighted by Crippen LogP contribution is 2.21. The van der Waals surface area contributed by atoms with Gasteiger partial charge in [-0.1, -0.05) is 74.5 Å². The number of esters is 1. The monoisotopic (exact) mass is 697 g/mol. The van der Waals surface area contributed by atoms with Crippen molar-refractivity contribution in [2.75, 3.05) is 6.54 Å². The average molecular weight is 698 g/mol. The summed E-state index contributed by atoms with van der Waals surface area (Å²) >= 11 is 0. The summed E-state index contributed by atoms with van der Waals surface area (Å²) in [6.07, 6.45) is 2.96. The first-order valence-electron chi connectivity index (χ1n) is 16.7. The van der Waals surface area contributed by atoms with Crippen LogP contribution in [0.1, 0.15) is 43.9 Å². The van der Waals surface area contributed by atoms with Crippen LogP contribution in [0.15, 0.2) is 84.9 Å². The van der Waals surface area contributed by atoms with Crippen LogP contribution in [0.3, 0.4) is 0 Å². The van der Waals surface area contributed by atoms with Gasteiger partial charge in [-0.25, -0.2) is 4.79 Å². The summed E-state index contributed by atoms with van der Waals surface area (Å²) in [7, 11) is 0. The molecule has 13 heteroatoms. The molecule has 6 N–H and O–H groups in total. The number of amides is 5. The van der Waals surface area contributed by atoms with Gasteiger partial charge in [0, 0.05) is 24.5 Å². The first-order chi connectivity index (χ1) is 24.4. The zero-order chi connectivity index (χ0) is 36.9. The summed E-state index contributed by atoms with van der Waals surface area (Å²) in [5, 5.41) is 22.8. The predicted molar refractivity (Wildman–Crippen MR) is 189 cm³/mol. The van der Waals surface area contributed by atoms with Crippen LogP contribution >= 0.6 is 0 Å². The van der Waals surface area contributed by atoms with Crippen LogP contribution in [-0.2, 0) is 41.6 Å². The van der Waals surface area contributed by atoms with Gasteiger partial charge < -0.3 is 36.4 Å². The number of para-hydroxylation sites is 1. The van der Waals surface area contributed by atoms with Crippen LogP contribution in [0.2, 0.25) is 0 Å². The maximum atomic E-state index is 13.7. The lowest BCUT2D eigenvalue weighted by Crippen LogP contribution is -2.56. The number of nitrogens with one attached hydrogen (secondary N) is 5. The second-order valence-corrected chi connectivity index (χ2v) is 12.7. The number of benzene rings is 3. The molecule has 5 amide bonds. The van der Waals surface area contributed by atoms with Crippen molar-refractivity contribution in [3.63, 3.8) is 0 Å². The normalized spacial score (nSPS) is 21.8. The molecular weight excluding hydrogens is 654 g/mol. The minimum Gasteiger partial charge on any atom is -0.508 e. The lowest BCUT2D eigenvalue weighted by atomic mass is 10.0. The van der Waals surface area contributed by atoms with E-state index in [2.05, 4.69) is 26.6 Å². The van der Waals surface area contributed by atoms with Crippen molar-refractivity contribution in [2.24, 2.45) is 5.92 Å². The first-order valence-corrected chi connectivity index (χ1v) is 16.7. The molecule has 0 aliphatic carbocycles. The van der Waals surface area contributed by atoms with Crippen LogP contribution in [0.25, 0.3) is 6.08 Å². The van der Waals surface area contributed by atoms with E-state index < -0.39 is 66.2 Å². The van der Waals surface area contributed by atoms with Gasteiger partial charge in [-0.05, 0) is 54.7 Å². The Morgan fingerprint density at radius 1 is 0.686 bits per heavy atom. The van der Waals surface area contributed by atoms with Crippen LogP contribution in [0.4, 0.5) is 0 Å². The number of carbonyl (C=O) groups is 6. The fourth-order valence-electron chi connectivity index (χ4n) is 5.32. The Morgan fingerprint density at radius 3 is 1.98 bits per heavy atom. The molecule has 3 aromatic carbocycles. The summed E-state index contributed by atoms with van der Waals surface area (Å²) < 4.78 is 5.76. The standard InChI is InChI=1S/C38H43N5O8/c1-23(2)19-31-38(50)51-32-12-8-7-11-27(32)15-18-33(45)41-29(21-26-13-16-28(44)17-14-26)36(48)40-24(3)35(47)39-22-34(46)42-30(37(49)43-31)20-25-9-5-4-6-10-25/h4-18,23-24,29-31,44H,19-22H2,1-3H3,(H,39,47)(H,40,48)(H,41,45)(H,42,46)(H,43,49)/b18-15-/t24-,29+,30-,31-/m0/s1. The predicted octanol–water partition coefficient (Wildman–Crippen LogP) is 1.93. The maximum Gasteiger partial charge on any atom is 0.334 e. The second kappa shape index (κ2) is 18.1. The van der Waals surface area contributed by atoms with Crippen molar-refractivity contribution >= 4 is 41.6 Å². The molecule has 0 radical (unpaired) electrons. The summed E-state index contributed by atoms with van der Waals surface area (Å²) in [6.45, 7) is 4.68. The highest BCUT2D eigenvalue weighted by Gasteiger charge is 2.30. The molecule has 0 fully saturated rings. The summed E-state index contributed by atoms with van der Waals surface area (Å²) in [5.41, 5.74) is 1.75. The lowest BCUT2D eigenvalue weighted by molar-refractivity contribution is -0.140. The van der Waals surface area contributed by atoms with E-state index in [1.807, 2.05) is 19.9 Å². The van der Waals surface area contributed by atoms with E-state index >= 15 is 0 Å². The van der Waals surface area contributed by atoms with Crippen molar-refractivity contribution in [3.8, 4) is 11.5 Å². The zero-order valence-electron chi connectivity index (χ0n) is 28.7. The summed E-state index contributed by atoms with van der Waals surface area (Å²) in [4.78, 5) is 79.8. The highest BCUT2D eigenvalue weighted by molar-refractivity contribution is 5.98. The molecule has 4 rings (SSSR count). The van der Waals surface area contributed by atoms with Gasteiger partial charge >= 0.3 is 5.97 Å². The Labute approximate surface area is 296 Å². The number of fused-ring (bicyclic) bond motifs is 1. The molecule has 0 bridgehead atoms. The van der Waals surface area contributed by atoms with Crippen molar-refractivity contribution in [1.82, 2.24) is 26.6 Å². The molecule has 0 spiro atoms. The molecule has 0 aromatic heterocycles. The van der Waals surface area contributed by atoms with E-state index in [1.54, 1.807) is 60.7 Å². The minimum absolute atomic E-state index is 0.0255. The van der Waals surface area contributed by atoms with Gasteiger partial charge in [0.05, 0.1) is 6.54 Å². The molecule has 3 aromatic rings. The average Bonchev–Trinajstić information content (AvgIpc) is 3.10. The number of rotatable bonds is 6. The van der Waals surface area contributed by atoms with Gasteiger partial charge in [-0.3, -0.25) is 24.0 Å². The van der Waals surface area contributed by atoms with Crippen LogP contribution in [0, 0.1) is 5.92 Å². The lowest BCUT2D eigenvalue weighted by Gasteiger charge is -2.24. The SMILES string of the molecule is CC(C)C[C@@H]1NC(=O)[C@H](Cc2ccccc2)NC(=O)CNC(=O)[C@H](C)NC(=O)[C@@H](Cc2ccc(O)cc2)NC(=O)/C=C\c2ccccc2OC1=O. The van der Waals surface area contributed by atoms with Crippen molar-refractivity contribution in [2.45, 2.75) is 64.2 Å². The quantitative estimate of drug-likeness (QED) is 0.166. The third-order valence-electron chi connectivity index (χ3n) is 7.97. The molecule has 1 heterocycles. The van der Waals surface area contributed by atoms with Gasteiger partial charge in [-0.2, -0.15) is 0 Å². The topological polar surface area (TPSA) is 192 Å². The van der Waals surface area contributed by atoms with E-state index in [0.717, 1.165) is 5.56 Å². The van der Waals surface area contributed by atoms with Gasteiger partial charge in [0.15, 0.2) is 0 Å². The number of hydrogen-bond acceptors (Lipinski definition) is 8. The number of carbonyl (C=O) groups excluding carboxylic acids is 6. The Kier molecular flexibility index (Phi) is 13.5. The van der Waals surface area contributed by atoms with Gasteiger partial charge in [-0.15, -0.1) is 0 Å². The minimum atomic E-state index is -1.14. The Bertz CT molecular complexity index is 1740. The molecule has 1 aliphatic heterocycles. The van der Waals surface area contributed by atoms with E-state index in [-0.39, 0.29) is 36.7 Å². The van der Waals surface area contributed by atoms with Gasteiger partial charge in [0.25, 0.3) is 0 Å². The van der Waals surface area contributed by atoms with E-state index in [0.29, 0.717) is 11.1 Å². The Hall–Kier alpha value is -5.98. The molecule has 0 saturated carbocycles. The second-order valence-electron chi connectivity index (χ2n) is 12.7. The maximum absolute atomic E-state index is 13.7. The fourth-order valence-corrected chi connectivity index (χ4v) is 5.32. The number of hydrogen-bond donors (Lipinski definition) is 6. The number of phenolic OH excluding ortho intramolecular Hbond substituents is 1. The number of ether oxygens (including phenoxy) is 1. The Balaban J connectivity index is 1.67. The molecular formula is C38H43N5O8. The Morgan fingerprint density at radius 2 is 1.29 bits per heavy atom. The van der Waals surface area contributed by atoms with E-state index in [4.69, 9.17) is 4.74 Å². The van der Waals surface area contributed by atoms with Crippen molar-refractivity contribution < 1.29 is 38.6 Å². The zero-order valence-corrected chi connectivity index (χ0v) is 28.7. The van der Waals surface area contributed by atoms with E-state index in [1.165, 1.54) is 31.2 Å². The molecule has 13 nitrogen and oxygen atoms in total. The third-order valence-corrected chi connectivity index (χ3v) is 7.97. The van der Waals surface area contributed by atoms with Gasteiger partial charge in [0.2, 0.25) is 29.5 Å². The summed E-state index contributed by atoms with van der Waals surface area (Å²) in [6, 6.07) is 17.2. The molecule has 0 saturated heterocycles. The molecule has 268 valence electrons. The smallest absolute Gasteiger partial charge is 0.334 e. The largest absolute Gasteiger partial charge is 0.508 e. The van der Waals surface area contributed by atoms with Crippen LogP contribution in [0.5, 0.6) is 11.5 Å². The number of phenols is 1. The molecule has 1 aliphatic rings. The van der Waals surface area contributed by atoms with Crippen molar-refractivity contribution in [3.05, 3.63) is 102 Å². The molecule has 4 atom stereocenters. The van der Waals surface area contributed by atoms with Gasteiger partial charge in [0.1, 0.15) is 35.7 Å². The fraction of sp³-hybridized carbons (Fsp3) is 0.316. The highest BCUT2D eigenvalue weighted by atomic mass is 16.5. The van der Waals surface area contributed by atoms with Crippen LogP contribution in [-0.4, -0.2) is 71.3 Å². The third kappa shape index (κ3) is 11.8. The van der Waals surface area contributed by atoms with E-state index in [9.17, 15) is 33.9 Å². The molecule has 0 unspecified atom stereocenters. The first kappa shape index (κ1) is 37.8. The number of aromatic hydroxyl groups is 1. The van der Waals surface area contributed by atoms with Crippen LogP contribution < -0.4 is 31.3 Å². The summed E-state index contributed by atoms with van der Waals surface area (Å²) in [5.74, 6) is -3.92. The van der Waals surface area contributed by atoms with Crippen molar-refractivity contribution in [1.29, 1.82) is 0 Å².